The molecule has 0 aliphatic rings. The van der Waals surface area contributed by atoms with Gasteiger partial charge in [-0.25, -0.2) is 0 Å². The standard InChI is InChI=1S/C18H24NO2.HI/c1-19(2,13-16-9-5-3-6-10-16)14-17(20)15-21-18-11-7-4-8-12-18;/h3-12,17,20H,13-15H2,1-2H3;1H/q+1;/p-1. The maximum absolute atomic E-state index is 10.2. The molecule has 0 fully saturated rings. The summed E-state index contributed by atoms with van der Waals surface area (Å²) in [6.07, 6.45) is -0.482. The van der Waals surface area contributed by atoms with Gasteiger partial charge in [0, 0.05) is 5.56 Å². The summed E-state index contributed by atoms with van der Waals surface area (Å²) < 4.78 is 6.33. The molecule has 0 saturated carbocycles. The highest BCUT2D eigenvalue weighted by Crippen LogP contribution is 2.12. The minimum atomic E-state index is -0.482. The van der Waals surface area contributed by atoms with Crippen molar-refractivity contribution in [1.29, 1.82) is 0 Å². The van der Waals surface area contributed by atoms with Gasteiger partial charge in [-0.2, -0.15) is 0 Å². The van der Waals surface area contributed by atoms with Crippen LogP contribution in [0, 0.1) is 0 Å². The third-order valence-electron chi connectivity index (χ3n) is 3.34. The SMILES string of the molecule is C[N+](C)(Cc1ccccc1)CC(O)COc1ccccc1.[I-]. The van der Waals surface area contributed by atoms with Crippen LogP contribution in [0.3, 0.4) is 0 Å². The van der Waals surface area contributed by atoms with E-state index in [4.69, 9.17) is 4.74 Å². The van der Waals surface area contributed by atoms with E-state index in [2.05, 4.69) is 26.2 Å². The van der Waals surface area contributed by atoms with Crippen LogP contribution >= 0.6 is 0 Å². The van der Waals surface area contributed by atoms with Gasteiger partial charge in [0.1, 0.15) is 31.5 Å². The molecule has 1 N–H and O–H groups in total. The van der Waals surface area contributed by atoms with Gasteiger partial charge in [0.2, 0.25) is 0 Å². The molecule has 4 heteroatoms. The number of likely N-dealkylation sites (N-methyl/N-ethyl adjacent to an activating group) is 1. The predicted molar refractivity (Wildman–Crippen MR) is 85.1 cm³/mol. The molecule has 22 heavy (non-hydrogen) atoms. The number of nitrogens with zero attached hydrogens (tertiary/aromatic N) is 1. The van der Waals surface area contributed by atoms with E-state index in [1.54, 1.807) is 0 Å². The quantitative estimate of drug-likeness (QED) is 0.500. The van der Waals surface area contributed by atoms with Crippen LogP contribution in [0.5, 0.6) is 5.75 Å². The molecule has 0 aliphatic heterocycles. The fraction of sp³-hybridized carbons (Fsp3) is 0.333. The number of rotatable bonds is 7. The molecule has 1 unspecified atom stereocenters. The number of hydrogen-bond acceptors (Lipinski definition) is 2. The Hall–Kier alpha value is -1.11. The summed E-state index contributed by atoms with van der Waals surface area (Å²) in [4.78, 5) is 0. The maximum atomic E-state index is 10.2. The van der Waals surface area contributed by atoms with E-state index in [0.29, 0.717) is 13.2 Å². The third-order valence-corrected chi connectivity index (χ3v) is 3.34. The zero-order valence-electron chi connectivity index (χ0n) is 13.2. The van der Waals surface area contributed by atoms with Crippen LogP contribution in [0.4, 0.5) is 0 Å². The van der Waals surface area contributed by atoms with Crippen molar-refractivity contribution >= 4 is 0 Å². The minimum absolute atomic E-state index is 0. The van der Waals surface area contributed by atoms with Crippen molar-refractivity contribution in [3.8, 4) is 5.75 Å². The van der Waals surface area contributed by atoms with E-state index in [1.807, 2.05) is 48.5 Å². The summed E-state index contributed by atoms with van der Waals surface area (Å²) in [5.74, 6) is 0.796. The van der Waals surface area contributed by atoms with Crippen LogP contribution < -0.4 is 28.7 Å². The minimum Gasteiger partial charge on any atom is -1.00 e. The molecule has 0 bridgehead atoms. The first-order valence-electron chi connectivity index (χ1n) is 7.27. The molecular formula is C18H24INO2. The Bertz CT molecular complexity index is 531. The molecule has 0 aliphatic carbocycles. The number of hydrogen-bond donors (Lipinski definition) is 1. The van der Waals surface area contributed by atoms with E-state index >= 15 is 0 Å². The van der Waals surface area contributed by atoms with E-state index in [-0.39, 0.29) is 24.0 Å². The van der Waals surface area contributed by atoms with Crippen molar-refractivity contribution in [3.05, 3.63) is 66.2 Å². The molecule has 0 spiro atoms. The number of quaternary nitrogens is 1. The highest BCUT2D eigenvalue weighted by molar-refractivity contribution is 5.20. The fourth-order valence-electron chi connectivity index (χ4n) is 2.47. The molecule has 0 radical (unpaired) electrons. The molecule has 3 nitrogen and oxygen atoms in total. The Morgan fingerprint density at radius 3 is 2.09 bits per heavy atom. The molecule has 2 aromatic carbocycles. The average Bonchev–Trinajstić information content (AvgIpc) is 2.46. The lowest BCUT2D eigenvalue weighted by Gasteiger charge is -2.31. The smallest absolute Gasteiger partial charge is 0.137 e. The van der Waals surface area contributed by atoms with Gasteiger partial charge in [-0.3, -0.25) is 0 Å². The molecule has 2 rings (SSSR count). The molecule has 0 aromatic heterocycles. The second-order valence-corrected chi connectivity index (χ2v) is 6.04. The van der Waals surface area contributed by atoms with Gasteiger partial charge in [0.15, 0.2) is 0 Å². The molecular weight excluding hydrogens is 389 g/mol. The van der Waals surface area contributed by atoms with Gasteiger partial charge >= 0.3 is 0 Å². The van der Waals surface area contributed by atoms with Gasteiger partial charge < -0.3 is 38.3 Å². The first-order chi connectivity index (χ1) is 10.1. The molecule has 0 saturated heterocycles. The van der Waals surface area contributed by atoms with Crippen LogP contribution in [0.1, 0.15) is 5.56 Å². The zero-order valence-corrected chi connectivity index (χ0v) is 15.3. The van der Waals surface area contributed by atoms with Crippen molar-refractivity contribution in [1.82, 2.24) is 0 Å². The summed E-state index contributed by atoms with van der Waals surface area (Å²) in [6, 6.07) is 19.9. The Labute approximate surface area is 150 Å². The van der Waals surface area contributed by atoms with Gasteiger partial charge in [0.25, 0.3) is 0 Å². The van der Waals surface area contributed by atoms with Crippen molar-refractivity contribution in [2.24, 2.45) is 0 Å². The molecule has 120 valence electrons. The molecule has 2 aromatic rings. The maximum Gasteiger partial charge on any atom is 0.137 e. The topological polar surface area (TPSA) is 29.5 Å². The third kappa shape index (κ3) is 6.77. The number of aliphatic hydroxyl groups excluding tert-OH is 1. The second-order valence-electron chi connectivity index (χ2n) is 6.04. The average molecular weight is 413 g/mol. The summed E-state index contributed by atoms with van der Waals surface area (Å²) in [7, 11) is 4.25. The van der Waals surface area contributed by atoms with Gasteiger partial charge in [-0.15, -0.1) is 0 Å². The Balaban J connectivity index is 0.00000242. The lowest BCUT2D eigenvalue weighted by atomic mass is 10.2. The van der Waals surface area contributed by atoms with Crippen LogP contribution in [-0.4, -0.2) is 42.9 Å². The Morgan fingerprint density at radius 2 is 1.50 bits per heavy atom. The van der Waals surface area contributed by atoms with Crippen LogP contribution in [-0.2, 0) is 6.54 Å². The molecule has 1 atom stereocenters. The van der Waals surface area contributed by atoms with Crippen molar-refractivity contribution in [2.75, 3.05) is 27.2 Å². The molecule has 0 amide bonds. The van der Waals surface area contributed by atoms with Gasteiger partial charge in [-0.1, -0.05) is 48.5 Å². The zero-order chi connectivity index (χ0) is 15.1. The number of aliphatic hydroxyl groups is 1. The largest absolute Gasteiger partial charge is 1.00 e. The van der Waals surface area contributed by atoms with Gasteiger partial charge in [-0.05, 0) is 12.1 Å². The fourth-order valence-corrected chi connectivity index (χ4v) is 2.47. The lowest BCUT2D eigenvalue weighted by Crippen LogP contribution is -3.00. The van der Waals surface area contributed by atoms with Gasteiger partial charge in [0.05, 0.1) is 14.1 Å². The number of para-hydroxylation sites is 1. The normalized spacial score (nSPS) is 12.3. The van der Waals surface area contributed by atoms with Crippen LogP contribution in [0.15, 0.2) is 60.7 Å². The Kier molecular flexibility index (Phi) is 7.85. The summed E-state index contributed by atoms with van der Waals surface area (Å²) in [5, 5.41) is 10.2. The van der Waals surface area contributed by atoms with E-state index in [9.17, 15) is 5.11 Å². The monoisotopic (exact) mass is 413 g/mol. The second kappa shape index (κ2) is 9.12. The highest BCUT2D eigenvalue weighted by atomic mass is 127. The highest BCUT2D eigenvalue weighted by Gasteiger charge is 2.21. The van der Waals surface area contributed by atoms with Crippen molar-refractivity contribution in [3.63, 3.8) is 0 Å². The summed E-state index contributed by atoms with van der Waals surface area (Å²) >= 11 is 0. The van der Waals surface area contributed by atoms with E-state index in [0.717, 1.165) is 16.8 Å². The first-order valence-corrected chi connectivity index (χ1v) is 7.27. The number of ether oxygens (including phenoxy) is 1. The van der Waals surface area contributed by atoms with Crippen LogP contribution in [0.2, 0.25) is 0 Å². The van der Waals surface area contributed by atoms with Crippen molar-refractivity contribution < 1.29 is 38.3 Å². The van der Waals surface area contributed by atoms with E-state index < -0.39 is 6.10 Å². The summed E-state index contributed by atoms with van der Waals surface area (Å²) in [5.41, 5.74) is 1.28. The first kappa shape index (κ1) is 18.9. The van der Waals surface area contributed by atoms with E-state index in [1.165, 1.54) is 5.56 Å². The Morgan fingerprint density at radius 1 is 0.955 bits per heavy atom. The van der Waals surface area contributed by atoms with Crippen LogP contribution in [0.25, 0.3) is 0 Å². The number of halogens is 1. The van der Waals surface area contributed by atoms with Crippen molar-refractivity contribution in [2.45, 2.75) is 12.6 Å². The lowest BCUT2D eigenvalue weighted by molar-refractivity contribution is -0.906. The predicted octanol–water partition coefficient (Wildman–Crippen LogP) is -0.293. The molecule has 0 heterocycles. The summed E-state index contributed by atoms with van der Waals surface area (Å²) in [6.45, 7) is 1.87. The number of benzene rings is 2.